The molecule has 216 valence electrons. The number of nitrogens with zero attached hydrogens (tertiary/aromatic N) is 1. The van der Waals surface area contributed by atoms with Crippen molar-refractivity contribution in [2.24, 2.45) is 0 Å². The number of benzene rings is 2. The predicted molar refractivity (Wildman–Crippen MR) is 110 cm³/mol. The van der Waals surface area contributed by atoms with Crippen LogP contribution in [0.25, 0.3) is 10.8 Å². The highest BCUT2D eigenvalue weighted by atomic mass is 32.2. The van der Waals surface area contributed by atoms with Crippen molar-refractivity contribution >= 4 is 38.7 Å². The number of hydroxylamine groups is 2. The van der Waals surface area contributed by atoms with E-state index in [-0.39, 0.29) is 16.3 Å². The van der Waals surface area contributed by atoms with Crippen LogP contribution in [0.4, 0.5) is 39.5 Å². The number of ether oxygens (including phenoxy) is 2. The Morgan fingerprint density at radius 3 is 2.02 bits per heavy atom. The quantitative estimate of drug-likeness (QED) is 0.161. The van der Waals surface area contributed by atoms with Crippen LogP contribution in [0.2, 0.25) is 0 Å². The largest absolute Gasteiger partial charge is 0.525 e. The van der Waals surface area contributed by atoms with Crippen LogP contribution in [0.5, 0.6) is 0 Å². The second kappa shape index (κ2) is 10.6. The summed E-state index contributed by atoms with van der Waals surface area (Å²) in [5.41, 5.74) is -6.81. The molecule has 0 bridgehead atoms. The number of rotatable bonds is 6. The Bertz CT molecular complexity index is 1500. The van der Waals surface area contributed by atoms with Gasteiger partial charge in [0.25, 0.3) is 11.8 Å². The van der Waals surface area contributed by atoms with Gasteiger partial charge in [-0.3, -0.25) is 9.59 Å². The summed E-state index contributed by atoms with van der Waals surface area (Å²) < 4.78 is 147. The van der Waals surface area contributed by atoms with Crippen molar-refractivity contribution in [1.29, 1.82) is 0 Å². The molecule has 0 spiro atoms. The summed E-state index contributed by atoms with van der Waals surface area (Å²) in [5.74, 6) is -0.0737. The lowest BCUT2D eigenvalue weighted by Crippen LogP contribution is -2.45. The molecule has 2 aromatic rings. The summed E-state index contributed by atoms with van der Waals surface area (Å²) >= 11 is 0. The lowest BCUT2D eigenvalue weighted by Gasteiger charge is -2.25. The highest BCUT2D eigenvalue weighted by molar-refractivity contribution is 7.87. The third kappa shape index (κ3) is 6.29. The first kappa shape index (κ1) is 30.6. The molecule has 9 nitrogen and oxygen atoms in total. The van der Waals surface area contributed by atoms with Gasteiger partial charge in [0.15, 0.2) is 6.61 Å². The SMILES string of the molecule is O=C(COC(C(F)(F)F)C(F)(F)F)OCC#Cc1ccc2c3c(cccc13)C(=O)N(OS(=O)(=O)C(F)(F)F)C2=O. The van der Waals surface area contributed by atoms with Crippen molar-refractivity contribution < 1.29 is 76.1 Å². The van der Waals surface area contributed by atoms with Gasteiger partial charge in [-0.15, -0.1) is 9.35 Å². The molecule has 0 aromatic heterocycles. The van der Waals surface area contributed by atoms with Gasteiger partial charge in [0.1, 0.15) is 6.61 Å². The van der Waals surface area contributed by atoms with E-state index >= 15 is 0 Å². The Morgan fingerprint density at radius 2 is 1.48 bits per heavy atom. The van der Waals surface area contributed by atoms with Crippen LogP contribution < -0.4 is 0 Å². The molecule has 1 aliphatic heterocycles. The lowest BCUT2D eigenvalue weighted by molar-refractivity contribution is -0.320. The van der Waals surface area contributed by atoms with E-state index < -0.39 is 81.3 Å². The summed E-state index contributed by atoms with van der Waals surface area (Å²) in [6.07, 6.45) is -15.9. The number of imide groups is 1. The van der Waals surface area contributed by atoms with E-state index in [4.69, 9.17) is 0 Å². The number of alkyl halides is 9. The van der Waals surface area contributed by atoms with E-state index in [0.717, 1.165) is 18.2 Å². The highest BCUT2D eigenvalue weighted by Gasteiger charge is 2.58. The summed E-state index contributed by atoms with van der Waals surface area (Å²) in [5, 5.41) is -0.672. The average molecular weight is 607 g/mol. The number of halogens is 9. The van der Waals surface area contributed by atoms with Crippen LogP contribution in [-0.2, 0) is 28.7 Å². The molecule has 0 aliphatic carbocycles. The first-order chi connectivity index (χ1) is 18.3. The molecule has 0 radical (unpaired) electrons. The zero-order chi connectivity index (χ0) is 30.3. The summed E-state index contributed by atoms with van der Waals surface area (Å²) in [6, 6.07) is 5.64. The number of hydrogen-bond donors (Lipinski definition) is 0. The second-order valence-corrected chi connectivity index (χ2v) is 9.02. The van der Waals surface area contributed by atoms with E-state index in [9.17, 15) is 62.3 Å². The van der Waals surface area contributed by atoms with E-state index in [1.165, 1.54) is 12.1 Å². The first-order valence-electron chi connectivity index (χ1n) is 10.1. The predicted octanol–water partition coefficient (Wildman–Crippen LogP) is 3.62. The Labute approximate surface area is 216 Å². The molecule has 0 saturated carbocycles. The van der Waals surface area contributed by atoms with Gasteiger partial charge in [-0.05, 0) is 23.6 Å². The maximum atomic E-state index is 12.7. The van der Waals surface area contributed by atoms with Crippen LogP contribution in [0, 0.1) is 11.8 Å². The van der Waals surface area contributed by atoms with Gasteiger partial charge >= 0.3 is 33.9 Å². The van der Waals surface area contributed by atoms with E-state index in [2.05, 4.69) is 25.6 Å². The van der Waals surface area contributed by atoms with Crippen molar-refractivity contribution in [2.75, 3.05) is 13.2 Å². The molecule has 0 saturated heterocycles. The van der Waals surface area contributed by atoms with Gasteiger partial charge in [0.05, 0.1) is 11.1 Å². The van der Waals surface area contributed by atoms with Crippen LogP contribution >= 0.6 is 0 Å². The normalized spacial score (nSPS) is 14.4. The first-order valence-corrected chi connectivity index (χ1v) is 11.5. The molecular weight excluding hydrogens is 597 g/mol. The van der Waals surface area contributed by atoms with Crippen LogP contribution in [-0.4, -0.2) is 68.4 Å². The van der Waals surface area contributed by atoms with Crippen LogP contribution in [0.15, 0.2) is 30.3 Å². The van der Waals surface area contributed by atoms with Gasteiger partial charge in [-0.2, -0.15) is 47.9 Å². The fourth-order valence-electron chi connectivity index (χ4n) is 3.21. The number of hydrogen-bond acceptors (Lipinski definition) is 8. The van der Waals surface area contributed by atoms with Gasteiger partial charge in [0, 0.05) is 10.9 Å². The van der Waals surface area contributed by atoms with E-state index in [0.29, 0.717) is 0 Å². The fraction of sp³-hybridized carbons (Fsp3) is 0.286. The lowest BCUT2D eigenvalue weighted by atomic mass is 9.92. The number of esters is 1. The Hall–Kier alpha value is -3.89. The number of carbonyl (C=O) groups excluding carboxylic acids is 3. The molecule has 1 heterocycles. The monoisotopic (exact) mass is 607 g/mol. The van der Waals surface area contributed by atoms with Crippen molar-refractivity contribution in [3.05, 3.63) is 47.0 Å². The topological polar surface area (TPSA) is 116 Å². The zero-order valence-corrected chi connectivity index (χ0v) is 19.7. The molecular formula is C21H10F9NO8S. The van der Waals surface area contributed by atoms with Crippen LogP contribution in [0.3, 0.4) is 0 Å². The molecule has 19 heteroatoms. The maximum absolute atomic E-state index is 12.7. The Balaban J connectivity index is 1.78. The fourth-order valence-corrected chi connectivity index (χ4v) is 3.62. The summed E-state index contributed by atoms with van der Waals surface area (Å²) in [6.45, 7) is -2.55. The smallest absolute Gasteiger partial charge is 0.451 e. The zero-order valence-electron chi connectivity index (χ0n) is 18.9. The third-order valence-electron chi connectivity index (χ3n) is 4.82. The van der Waals surface area contributed by atoms with Gasteiger partial charge in [-0.1, -0.05) is 24.0 Å². The maximum Gasteiger partial charge on any atom is 0.525 e. The minimum atomic E-state index is -6.39. The molecule has 3 rings (SSSR count). The molecule has 2 amide bonds. The molecule has 0 atom stereocenters. The van der Waals surface area contributed by atoms with Gasteiger partial charge < -0.3 is 9.47 Å². The van der Waals surface area contributed by atoms with Crippen molar-refractivity contribution in [1.82, 2.24) is 5.06 Å². The molecule has 40 heavy (non-hydrogen) atoms. The average Bonchev–Trinajstić information content (AvgIpc) is 2.80. The van der Waals surface area contributed by atoms with Crippen molar-refractivity contribution in [3.8, 4) is 11.8 Å². The Kier molecular flexibility index (Phi) is 8.11. The van der Waals surface area contributed by atoms with Crippen LogP contribution in [0.1, 0.15) is 26.3 Å². The molecule has 1 aliphatic rings. The van der Waals surface area contributed by atoms with E-state index in [1.54, 1.807) is 0 Å². The van der Waals surface area contributed by atoms with E-state index in [1.807, 2.05) is 0 Å². The third-order valence-corrected chi connectivity index (χ3v) is 5.73. The number of carbonyl (C=O) groups is 3. The molecule has 0 unspecified atom stereocenters. The standard InChI is InChI=1S/C21H10F9NO8S/c22-19(23,24)18(20(25,26)27)38-9-14(32)37-8-2-3-10-6-7-13-15-11(10)4-1-5-12(15)16(33)31(17(13)34)39-40(35,36)21(28,29)30/h1,4-7,18H,8-9H2. The Morgan fingerprint density at radius 1 is 0.900 bits per heavy atom. The minimum absolute atomic E-state index is 0.0278. The highest BCUT2D eigenvalue weighted by Crippen LogP contribution is 2.36. The second-order valence-electron chi connectivity index (χ2n) is 7.50. The molecule has 0 N–H and O–H groups in total. The van der Waals surface area contributed by atoms with Gasteiger partial charge in [0.2, 0.25) is 6.10 Å². The number of amides is 2. The summed E-state index contributed by atoms with van der Waals surface area (Å²) in [7, 11) is -6.39. The minimum Gasteiger partial charge on any atom is -0.451 e. The van der Waals surface area contributed by atoms with Crippen molar-refractivity contribution in [2.45, 2.75) is 24.0 Å². The van der Waals surface area contributed by atoms with Crippen molar-refractivity contribution in [3.63, 3.8) is 0 Å². The molecule has 0 fully saturated rings. The summed E-state index contributed by atoms with van der Waals surface area (Å²) in [4.78, 5) is 36.7. The molecule has 2 aromatic carbocycles. The van der Waals surface area contributed by atoms with Gasteiger partial charge in [-0.25, -0.2) is 4.79 Å².